The first-order valence-corrected chi connectivity index (χ1v) is 6.33. The zero-order valence-corrected chi connectivity index (χ0v) is 11.0. The van der Waals surface area contributed by atoms with Gasteiger partial charge in [-0.2, -0.15) is 0 Å². The summed E-state index contributed by atoms with van der Waals surface area (Å²) in [4.78, 5) is 22.7. The fraction of sp³-hybridized carbons (Fsp3) is 0.833. The zero-order chi connectivity index (χ0) is 13.6. The van der Waals surface area contributed by atoms with Crippen molar-refractivity contribution >= 4 is 12.0 Å². The lowest BCUT2D eigenvalue weighted by atomic mass is 9.75. The van der Waals surface area contributed by atoms with Crippen LogP contribution < -0.4 is 10.6 Å². The van der Waals surface area contributed by atoms with E-state index in [0.29, 0.717) is 6.61 Å². The lowest BCUT2D eigenvalue weighted by Crippen LogP contribution is -2.58. The first kappa shape index (κ1) is 14.8. The summed E-state index contributed by atoms with van der Waals surface area (Å²) in [5, 5.41) is 14.3. The number of carbonyl (C=O) groups excluding carboxylic acids is 1. The molecule has 6 nitrogen and oxygen atoms in total. The molecule has 3 N–H and O–H groups in total. The van der Waals surface area contributed by atoms with Gasteiger partial charge < -0.3 is 20.5 Å². The second kappa shape index (κ2) is 6.58. The summed E-state index contributed by atoms with van der Waals surface area (Å²) in [6, 6.07) is -1.31. The molecule has 0 spiro atoms. The highest BCUT2D eigenvalue weighted by atomic mass is 16.5. The summed E-state index contributed by atoms with van der Waals surface area (Å²) < 4.78 is 4.82. The average Bonchev–Trinajstić information content (AvgIpc) is 2.28. The highest BCUT2D eigenvalue weighted by molar-refractivity contribution is 5.82. The Kier molecular flexibility index (Phi) is 5.40. The minimum absolute atomic E-state index is 0.131. The highest BCUT2D eigenvalue weighted by Crippen LogP contribution is 2.34. The minimum Gasteiger partial charge on any atom is -0.480 e. The zero-order valence-electron chi connectivity index (χ0n) is 11.0. The van der Waals surface area contributed by atoms with Gasteiger partial charge in [0, 0.05) is 25.7 Å². The molecule has 0 saturated heterocycles. The molecule has 0 heterocycles. The number of carboxylic acids is 1. The number of hydrogen-bond donors (Lipinski definition) is 3. The Balaban J connectivity index is 2.43. The fourth-order valence-corrected chi connectivity index (χ4v) is 2.10. The van der Waals surface area contributed by atoms with E-state index in [1.807, 2.05) is 6.92 Å². The number of ether oxygens (including phenoxy) is 1. The molecule has 6 heteroatoms. The molecule has 0 radical (unpaired) electrons. The molecule has 2 amide bonds. The Hall–Kier alpha value is -1.30. The van der Waals surface area contributed by atoms with Crippen LogP contribution in [-0.2, 0) is 9.53 Å². The molecular formula is C12H22N2O4. The molecule has 1 rings (SSSR count). The maximum Gasteiger partial charge on any atom is 0.326 e. The molecule has 1 atom stereocenters. The summed E-state index contributed by atoms with van der Waals surface area (Å²) in [7, 11) is 1.50. The molecule has 1 aliphatic rings. The summed E-state index contributed by atoms with van der Waals surface area (Å²) in [5.74, 6) is -1.04. The van der Waals surface area contributed by atoms with Crippen molar-refractivity contribution in [2.45, 2.75) is 50.6 Å². The van der Waals surface area contributed by atoms with Crippen LogP contribution in [0.2, 0.25) is 0 Å². The molecule has 1 aliphatic carbocycles. The Morgan fingerprint density at radius 2 is 2.11 bits per heavy atom. The first-order chi connectivity index (χ1) is 8.53. The van der Waals surface area contributed by atoms with E-state index in [4.69, 9.17) is 9.84 Å². The van der Waals surface area contributed by atoms with Crippen molar-refractivity contribution < 1.29 is 19.4 Å². The van der Waals surface area contributed by atoms with Crippen LogP contribution in [0.5, 0.6) is 0 Å². The van der Waals surface area contributed by atoms with Crippen LogP contribution in [0.4, 0.5) is 4.79 Å². The first-order valence-electron chi connectivity index (χ1n) is 6.33. The Morgan fingerprint density at radius 3 is 2.50 bits per heavy atom. The number of aliphatic carboxylic acids is 1. The van der Waals surface area contributed by atoms with Gasteiger partial charge in [0.1, 0.15) is 6.04 Å². The van der Waals surface area contributed by atoms with Crippen LogP contribution in [0, 0.1) is 0 Å². The number of rotatable bonds is 7. The third kappa shape index (κ3) is 3.87. The van der Waals surface area contributed by atoms with E-state index in [9.17, 15) is 9.59 Å². The van der Waals surface area contributed by atoms with Crippen molar-refractivity contribution in [3.63, 3.8) is 0 Å². The van der Waals surface area contributed by atoms with Gasteiger partial charge in [-0.3, -0.25) is 0 Å². The van der Waals surface area contributed by atoms with Crippen molar-refractivity contribution in [1.82, 2.24) is 10.6 Å². The van der Waals surface area contributed by atoms with Gasteiger partial charge >= 0.3 is 12.0 Å². The predicted octanol–water partition coefficient (Wildman–Crippen LogP) is 1.11. The SMILES string of the molecule is CCC1(NC(=O)NC(CCOC)C(=O)O)CCC1. The molecule has 1 saturated carbocycles. The molecule has 0 aromatic carbocycles. The van der Waals surface area contributed by atoms with Gasteiger partial charge in [0.05, 0.1) is 0 Å². The van der Waals surface area contributed by atoms with Gasteiger partial charge in [0.25, 0.3) is 0 Å². The summed E-state index contributed by atoms with van der Waals surface area (Å²) in [6.45, 7) is 2.33. The van der Waals surface area contributed by atoms with E-state index in [0.717, 1.165) is 25.7 Å². The third-order valence-corrected chi connectivity index (χ3v) is 3.58. The van der Waals surface area contributed by atoms with Gasteiger partial charge in [-0.1, -0.05) is 6.92 Å². The topological polar surface area (TPSA) is 87.7 Å². The molecule has 0 aromatic rings. The molecule has 18 heavy (non-hydrogen) atoms. The molecule has 0 aromatic heterocycles. The van der Waals surface area contributed by atoms with Gasteiger partial charge in [-0.25, -0.2) is 9.59 Å². The fourth-order valence-electron chi connectivity index (χ4n) is 2.10. The van der Waals surface area contributed by atoms with Gasteiger partial charge in [-0.05, 0) is 25.7 Å². The number of hydrogen-bond acceptors (Lipinski definition) is 3. The molecular weight excluding hydrogens is 236 g/mol. The molecule has 0 bridgehead atoms. The number of urea groups is 1. The van der Waals surface area contributed by atoms with Crippen molar-refractivity contribution in [2.24, 2.45) is 0 Å². The van der Waals surface area contributed by atoms with E-state index in [1.54, 1.807) is 0 Å². The van der Waals surface area contributed by atoms with Crippen LogP contribution in [0.3, 0.4) is 0 Å². The second-order valence-electron chi connectivity index (χ2n) is 4.76. The minimum atomic E-state index is -1.04. The Morgan fingerprint density at radius 1 is 1.44 bits per heavy atom. The summed E-state index contributed by atoms with van der Waals surface area (Å²) in [6.07, 6.45) is 4.17. The Bertz CT molecular complexity index is 297. The van der Waals surface area contributed by atoms with Crippen LogP contribution in [0.15, 0.2) is 0 Å². The quantitative estimate of drug-likeness (QED) is 0.638. The maximum absolute atomic E-state index is 11.8. The summed E-state index contributed by atoms with van der Waals surface area (Å²) in [5.41, 5.74) is -0.131. The van der Waals surface area contributed by atoms with Crippen LogP contribution in [0.1, 0.15) is 39.0 Å². The van der Waals surface area contributed by atoms with Crippen molar-refractivity contribution in [3.8, 4) is 0 Å². The van der Waals surface area contributed by atoms with E-state index in [-0.39, 0.29) is 12.0 Å². The number of amides is 2. The van der Waals surface area contributed by atoms with E-state index >= 15 is 0 Å². The van der Waals surface area contributed by atoms with Crippen LogP contribution >= 0.6 is 0 Å². The largest absolute Gasteiger partial charge is 0.480 e. The van der Waals surface area contributed by atoms with Gasteiger partial charge in [0.2, 0.25) is 0 Å². The van der Waals surface area contributed by atoms with Crippen molar-refractivity contribution in [3.05, 3.63) is 0 Å². The van der Waals surface area contributed by atoms with E-state index in [1.165, 1.54) is 7.11 Å². The molecule has 1 fully saturated rings. The molecule has 104 valence electrons. The third-order valence-electron chi connectivity index (χ3n) is 3.58. The van der Waals surface area contributed by atoms with Crippen molar-refractivity contribution in [1.29, 1.82) is 0 Å². The lowest BCUT2D eigenvalue weighted by molar-refractivity contribution is -0.139. The van der Waals surface area contributed by atoms with Gasteiger partial charge in [-0.15, -0.1) is 0 Å². The molecule has 1 unspecified atom stereocenters. The van der Waals surface area contributed by atoms with Gasteiger partial charge in [0.15, 0.2) is 0 Å². The number of carboxylic acid groups (broad SMARTS) is 1. The predicted molar refractivity (Wildman–Crippen MR) is 66.5 cm³/mol. The van der Waals surface area contributed by atoms with E-state index < -0.39 is 18.0 Å². The average molecular weight is 258 g/mol. The Labute approximate surface area is 107 Å². The number of nitrogens with one attached hydrogen (secondary N) is 2. The van der Waals surface area contributed by atoms with Crippen LogP contribution in [-0.4, -0.2) is 42.4 Å². The number of carbonyl (C=O) groups is 2. The van der Waals surface area contributed by atoms with E-state index in [2.05, 4.69) is 10.6 Å². The number of methoxy groups -OCH3 is 1. The molecule has 0 aliphatic heterocycles. The van der Waals surface area contributed by atoms with Crippen molar-refractivity contribution in [2.75, 3.05) is 13.7 Å². The smallest absolute Gasteiger partial charge is 0.326 e. The normalized spacial score (nSPS) is 18.6. The maximum atomic E-state index is 11.8. The summed E-state index contributed by atoms with van der Waals surface area (Å²) >= 11 is 0. The second-order valence-corrected chi connectivity index (χ2v) is 4.76. The monoisotopic (exact) mass is 258 g/mol. The highest BCUT2D eigenvalue weighted by Gasteiger charge is 2.37. The van der Waals surface area contributed by atoms with Crippen LogP contribution in [0.25, 0.3) is 0 Å². The standard InChI is InChI=1S/C12H22N2O4/c1-3-12(6-4-7-12)14-11(17)13-9(10(15)16)5-8-18-2/h9H,3-8H2,1-2H3,(H,15,16)(H2,13,14,17). The lowest BCUT2D eigenvalue weighted by Gasteiger charge is -2.42.